The number of carbonyl (C=O) groups is 2. The molecule has 26 heavy (non-hydrogen) atoms. The van der Waals surface area contributed by atoms with Crippen molar-refractivity contribution in [3.63, 3.8) is 0 Å². The van der Waals surface area contributed by atoms with Crippen molar-refractivity contribution in [2.45, 2.75) is 31.8 Å². The van der Waals surface area contributed by atoms with Crippen LogP contribution in [0.25, 0.3) is 0 Å². The molecule has 4 rings (SSSR count). The highest BCUT2D eigenvalue weighted by Crippen LogP contribution is 2.43. The highest BCUT2D eigenvalue weighted by molar-refractivity contribution is 14.0. The number of hydrogen-bond acceptors (Lipinski definition) is 5. The molecule has 0 spiro atoms. The maximum atomic E-state index is 12.7. The summed E-state index contributed by atoms with van der Waals surface area (Å²) >= 11 is 0. The van der Waals surface area contributed by atoms with Crippen LogP contribution in [-0.4, -0.2) is 48.5 Å². The van der Waals surface area contributed by atoms with Crippen molar-refractivity contribution in [2.24, 2.45) is 10.9 Å². The molecule has 1 saturated heterocycles. The first kappa shape index (κ1) is 18.9. The van der Waals surface area contributed by atoms with Crippen LogP contribution in [0.5, 0.6) is 0 Å². The Bertz CT molecular complexity index is 746. The molecule has 1 aromatic rings. The number of hydrogen-bond donors (Lipinski definition) is 2. The van der Waals surface area contributed by atoms with Crippen molar-refractivity contribution < 1.29 is 9.59 Å². The van der Waals surface area contributed by atoms with Gasteiger partial charge in [-0.2, -0.15) is 0 Å². The van der Waals surface area contributed by atoms with Gasteiger partial charge in [-0.25, -0.2) is 9.69 Å². The van der Waals surface area contributed by atoms with Crippen molar-refractivity contribution in [1.29, 1.82) is 0 Å². The van der Waals surface area contributed by atoms with Gasteiger partial charge >= 0.3 is 6.03 Å². The third-order valence-corrected chi connectivity index (χ3v) is 5.31. The molecule has 0 bridgehead atoms. The quantitative estimate of drug-likeness (QED) is 0.522. The summed E-state index contributed by atoms with van der Waals surface area (Å²) in [5.41, 5.74) is 0.942. The number of urea groups is 1. The lowest BCUT2D eigenvalue weighted by Crippen LogP contribution is -2.46. The lowest BCUT2D eigenvalue weighted by atomic mass is 9.96. The van der Waals surface area contributed by atoms with E-state index in [0.29, 0.717) is 12.2 Å². The van der Waals surface area contributed by atoms with Gasteiger partial charge in [0.1, 0.15) is 5.54 Å². The Kier molecular flexibility index (Phi) is 5.14. The van der Waals surface area contributed by atoms with E-state index in [0.717, 1.165) is 37.5 Å². The zero-order valence-corrected chi connectivity index (χ0v) is 17.3. The van der Waals surface area contributed by atoms with Gasteiger partial charge in [-0.3, -0.25) is 9.79 Å². The zero-order valence-electron chi connectivity index (χ0n) is 15.0. The van der Waals surface area contributed by atoms with E-state index in [1.807, 2.05) is 38.2 Å². The van der Waals surface area contributed by atoms with E-state index in [9.17, 15) is 9.59 Å². The smallest absolute Gasteiger partial charge is 0.329 e. The molecule has 3 amide bonds. The van der Waals surface area contributed by atoms with Crippen LogP contribution in [0.2, 0.25) is 0 Å². The molecule has 3 aliphatic rings. The first-order chi connectivity index (χ1) is 12.0. The normalized spacial score (nSPS) is 25.1. The van der Waals surface area contributed by atoms with Crippen molar-refractivity contribution in [2.75, 3.05) is 25.0 Å². The predicted molar refractivity (Wildman–Crippen MR) is 111 cm³/mol. The third-order valence-electron chi connectivity index (χ3n) is 5.31. The molecule has 2 aliphatic heterocycles. The molecule has 2 heterocycles. The molecule has 7 nitrogen and oxygen atoms in total. The van der Waals surface area contributed by atoms with E-state index >= 15 is 0 Å². The van der Waals surface area contributed by atoms with Crippen molar-refractivity contribution in [3.8, 4) is 0 Å². The molecule has 1 aliphatic carbocycles. The Hall–Kier alpha value is -1.84. The molecule has 2 N–H and O–H groups in total. The number of anilines is 1. The van der Waals surface area contributed by atoms with E-state index in [1.165, 1.54) is 4.90 Å². The molecule has 1 aromatic carbocycles. The maximum Gasteiger partial charge on any atom is 0.329 e. The summed E-state index contributed by atoms with van der Waals surface area (Å²) in [6.07, 6.45) is 2.00. The second kappa shape index (κ2) is 7.05. The Morgan fingerprint density at radius 1 is 1.27 bits per heavy atom. The van der Waals surface area contributed by atoms with Gasteiger partial charge in [-0.1, -0.05) is 12.1 Å². The van der Waals surface area contributed by atoms with E-state index < -0.39 is 5.54 Å². The Labute approximate surface area is 170 Å². The zero-order chi connectivity index (χ0) is 17.6. The standard InChI is InChI=1S/C18H23N5O2.HI/c1-18(13-5-6-13)15(24)23(17(25)21-18)14-7-3-12(4-8-14)11-20-16-19-9-10-22(16)2;/h3-4,7-8,13H,5-6,9-11H2,1-2H3,(H,19,20)(H,21,25);1H. The summed E-state index contributed by atoms with van der Waals surface area (Å²) in [5, 5.41) is 6.18. The largest absolute Gasteiger partial charge is 0.352 e. The SMILES string of the molecule is CN1CCN=C1NCc1ccc(N2C(=O)NC(C)(C3CC3)C2=O)cc1.I. The minimum Gasteiger partial charge on any atom is -0.352 e. The van der Waals surface area contributed by atoms with Crippen LogP contribution in [0.15, 0.2) is 29.3 Å². The number of guanidine groups is 1. The van der Waals surface area contributed by atoms with Gasteiger partial charge in [0, 0.05) is 20.1 Å². The number of aliphatic imine (C=N–C) groups is 1. The van der Waals surface area contributed by atoms with Crippen LogP contribution >= 0.6 is 24.0 Å². The van der Waals surface area contributed by atoms with Crippen molar-refractivity contribution >= 4 is 47.6 Å². The molecule has 0 radical (unpaired) electrons. The number of likely N-dealkylation sites (N-methyl/N-ethyl adjacent to an activating group) is 1. The first-order valence-corrected chi connectivity index (χ1v) is 8.74. The van der Waals surface area contributed by atoms with Gasteiger partial charge in [0.15, 0.2) is 5.96 Å². The van der Waals surface area contributed by atoms with Crippen molar-refractivity contribution in [1.82, 2.24) is 15.5 Å². The van der Waals surface area contributed by atoms with E-state index in [-0.39, 0.29) is 41.8 Å². The van der Waals surface area contributed by atoms with Gasteiger partial charge in [-0.15, -0.1) is 24.0 Å². The van der Waals surface area contributed by atoms with Crippen LogP contribution in [0, 0.1) is 5.92 Å². The number of nitrogens with zero attached hydrogens (tertiary/aromatic N) is 3. The van der Waals surface area contributed by atoms with Crippen LogP contribution in [0.4, 0.5) is 10.5 Å². The van der Waals surface area contributed by atoms with Gasteiger partial charge in [0.2, 0.25) is 0 Å². The lowest BCUT2D eigenvalue weighted by Gasteiger charge is -2.21. The monoisotopic (exact) mass is 469 g/mol. The third kappa shape index (κ3) is 3.26. The summed E-state index contributed by atoms with van der Waals surface area (Å²) in [5.74, 6) is 1.02. The lowest BCUT2D eigenvalue weighted by molar-refractivity contribution is -0.122. The molecule has 140 valence electrons. The number of imide groups is 1. The van der Waals surface area contributed by atoms with Gasteiger partial charge in [0.25, 0.3) is 5.91 Å². The number of benzene rings is 1. The second-order valence-corrected chi connectivity index (χ2v) is 7.19. The highest BCUT2D eigenvalue weighted by atomic mass is 127. The van der Waals surface area contributed by atoms with E-state index in [4.69, 9.17) is 0 Å². The van der Waals surface area contributed by atoms with Crippen LogP contribution in [0.1, 0.15) is 25.3 Å². The van der Waals surface area contributed by atoms with Crippen molar-refractivity contribution in [3.05, 3.63) is 29.8 Å². The van der Waals surface area contributed by atoms with Crippen LogP contribution in [-0.2, 0) is 11.3 Å². The molecule has 1 unspecified atom stereocenters. The van der Waals surface area contributed by atoms with Gasteiger partial charge in [-0.05, 0) is 43.4 Å². The average Bonchev–Trinajstić information content (AvgIpc) is 3.33. The number of rotatable bonds is 4. The summed E-state index contributed by atoms with van der Waals surface area (Å²) in [7, 11) is 2.01. The Morgan fingerprint density at radius 2 is 1.96 bits per heavy atom. The Balaban J connectivity index is 0.00000196. The maximum absolute atomic E-state index is 12.7. The molecule has 0 aromatic heterocycles. The number of nitrogens with one attached hydrogen (secondary N) is 2. The minimum atomic E-state index is -0.748. The summed E-state index contributed by atoms with van der Waals surface area (Å²) < 4.78 is 0. The molecule has 1 saturated carbocycles. The average molecular weight is 469 g/mol. The fourth-order valence-electron chi connectivity index (χ4n) is 3.50. The Morgan fingerprint density at radius 3 is 2.54 bits per heavy atom. The summed E-state index contributed by atoms with van der Waals surface area (Å²) in [4.78, 5) is 32.8. The fraction of sp³-hybridized carbons (Fsp3) is 0.500. The van der Waals surface area contributed by atoms with Gasteiger partial charge < -0.3 is 15.5 Å². The highest BCUT2D eigenvalue weighted by Gasteiger charge is 2.56. The second-order valence-electron chi connectivity index (χ2n) is 7.19. The fourth-order valence-corrected chi connectivity index (χ4v) is 3.50. The molecule has 8 heteroatoms. The number of carbonyl (C=O) groups excluding carboxylic acids is 2. The predicted octanol–water partition coefficient (Wildman–Crippen LogP) is 1.92. The van der Waals surface area contributed by atoms with E-state index in [2.05, 4.69) is 20.5 Å². The van der Waals surface area contributed by atoms with Crippen LogP contribution in [0.3, 0.4) is 0 Å². The van der Waals surface area contributed by atoms with E-state index in [1.54, 1.807) is 0 Å². The van der Waals surface area contributed by atoms with Gasteiger partial charge in [0.05, 0.1) is 12.2 Å². The molecule has 1 atom stereocenters. The minimum absolute atomic E-state index is 0. The van der Waals surface area contributed by atoms with Crippen LogP contribution < -0.4 is 15.5 Å². The summed E-state index contributed by atoms with van der Waals surface area (Å²) in [6, 6.07) is 7.20. The molecular formula is C18H24IN5O2. The first-order valence-electron chi connectivity index (χ1n) is 8.74. The molecular weight excluding hydrogens is 445 g/mol. The summed E-state index contributed by atoms with van der Waals surface area (Å²) in [6.45, 7) is 4.25. The molecule has 2 fully saturated rings. The topological polar surface area (TPSA) is 77.0 Å². The number of halogens is 1. The number of amides is 3.